The minimum Gasteiger partial charge on any atom is -0.369 e. The van der Waals surface area contributed by atoms with Gasteiger partial charge in [-0.05, 0) is 37.6 Å². The first kappa shape index (κ1) is 23.5. The van der Waals surface area contributed by atoms with Crippen molar-refractivity contribution in [3.8, 4) is 0 Å². The molecule has 0 aliphatic carbocycles. The van der Waals surface area contributed by atoms with Crippen LogP contribution < -0.4 is 21.1 Å². The molecule has 0 aliphatic heterocycles. The molecule has 0 spiro atoms. The predicted octanol–water partition coefficient (Wildman–Crippen LogP) is 1.06. The summed E-state index contributed by atoms with van der Waals surface area (Å²) < 4.78 is 0. The number of aromatic nitrogens is 4. The van der Waals surface area contributed by atoms with Gasteiger partial charge in [-0.15, -0.1) is 0 Å². The Hall–Kier alpha value is -4.15. The second-order valence-corrected chi connectivity index (χ2v) is 7.48. The van der Waals surface area contributed by atoms with Crippen LogP contribution >= 0.6 is 0 Å². The maximum atomic E-state index is 12.5. The number of aldehydes is 1. The number of anilines is 2. The molecular formula is C22H25N7O4. The molecule has 172 valence electrons. The van der Waals surface area contributed by atoms with Crippen molar-refractivity contribution >= 4 is 40.8 Å². The Bertz CT molecular complexity index is 1220. The van der Waals surface area contributed by atoms with Gasteiger partial charge in [-0.3, -0.25) is 19.4 Å². The lowest BCUT2D eigenvalue weighted by molar-refractivity contribution is -0.119. The van der Waals surface area contributed by atoms with E-state index in [1.54, 1.807) is 37.5 Å². The van der Waals surface area contributed by atoms with Gasteiger partial charge in [-0.2, -0.15) is 4.98 Å². The maximum absolute atomic E-state index is 12.5. The van der Waals surface area contributed by atoms with Crippen LogP contribution in [0, 0.1) is 0 Å². The highest BCUT2D eigenvalue weighted by Crippen LogP contribution is 2.17. The van der Waals surface area contributed by atoms with Crippen LogP contribution in [0.1, 0.15) is 35.8 Å². The molecule has 0 aliphatic rings. The average Bonchev–Trinajstić information content (AvgIpc) is 2.81. The molecule has 1 atom stereocenters. The van der Waals surface area contributed by atoms with Gasteiger partial charge in [-0.1, -0.05) is 0 Å². The Morgan fingerprint density at radius 3 is 2.58 bits per heavy atom. The summed E-state index contributed by atoms with van der Waals surface area (Å²) in [6.07, 6.45) is 2.75. The van der Waals surface area contributed by atoms with Gasteiger partial charge in [0.1, 0.15) is 6.29 Å². The monoisotopic (exact) mass is 451 g/mol. The van der Waals surface area contributed by atoms with Crippen LogP contribution in [0.5, 0.6) is 0 Å². The Morgan fingerprint density at radius 1 is 1.21 bits per heavy atom. The number of hydrogen-bond acceptors (Lipinski definition) is 9. The van der Waals surface area contributed by atoms with Gasteiger partial charge in [0.05, 0.1) is 24.5 Å². The van der Waals surface area contributed by atoms with E-state index in [9.17, 15) is 19.2 Å². The van der Waals surface area contributed by atoms with E-state index in [0.29, 0.717) is 23.8 Å². The molecule has 1 amide bonds. The second kappa shape index (κ2) is 10.4. The number of carbonyl (C=O) groups excluding carboxylic acids is 3. The summed E-state index contributed by atoms with van der Waals surface area (Å²) in [7, 11) is 3.49. The van der Waals surface area contributed by atoms with Gasteiger partial charge in [0, 0.05) is 31.8 Å². The number of ketones is 1. The van der Waals surface area contributed by atoms with E-state index in [4.69, 9.17) is 0 Å². The van der Waals surface area contributed by atoms with Gasteiger partial charge in [-0.25, -0.2) is 9.97 Å². The average molecular weight is 451 g/mol. The third-order valence-electron chi connectivity index (χ3n) is 5.04. The number of nitrogens with one attached hydrogen (secondary N) is 3. The number of amides is 1. The molecule has 3 rings (SSSR count). The zero-order chi connectivity index (χ0) is 24.0. The zero-order valence-electron chi connectivity index (χ0n) is 18.6. The van der Waals surface area contributed by atoms with Crippen molar-refractivity contribution in [1.29, 1.82) is 0 Å². The topological polar surface area (TPSA) is 150 Å². The number of Topliss-reactive ketones (excluding diaryl/α,β-unsaturated/α-hetero) is 1. The Kier molecular flexibility index (Phi) is 7.44. The first-order chi connectivity index (χ1) is 15.8. The largest absolute Gasteiger partial charge is 0.369 e. The molecule has 33 heavy (non-hydrogen) atoms. The van der Waals surface area contributed by atoms with Crippen molar-refractivity contribution in [2.75, 3.05) is 24.3 Å². The highest BCUT2D eigenvalue weighted by atomic mass is 16.2. The van der Waals surface area contributed by atoms with Crippen molar-refractivity contribution in [3.63, 3.8) is 0 Å². The molecule has 11 nitrogen and oxygen atoms in total. The molecular weight excluding hydrogens is 426 g/mol. The number of aromatic amines is 1. The number of hydrogen-bond donors (Lipinski definition) is 3. The van der Waals surface area contributed by atoms with Gasteiger partial charge in [0.25, 0.3) is 11.5 Å². The SMILES string of the molecule is CNc1nc2ncc(CN(C)c3ccc(C(=O)NC(CCC=O)C(C)=O)cc3)nc2c(=O)[nH]1. The molecule has 11 heteroatoms. The molecule has 1 aromatic carbocycles. The highest BCUT2D eigenvalue weighted by Gasteiger charge is 2.18. The standard InChI is InChI=1S/C22H25N7O4/c1-13(31)17(5-4-10-30)26-20(32)14-6-8-16(9-7-14)29(3)12-15-11-24-19-18(25-15)21(33)28-22(23-2)27-19/h6-11,17H,4-5,12H2,1-3H3,(H,26,32)(H2,23,24,27,28,33). The molecule has 2 heterocycles. The summed E-state index contributed by atoms with van der Waals surface area (Å²) in [5.74, 6) is -0.271. The molecule has 0 radical (unpaired) electrons. The number of rotatable bonds is 10. The van der Waals surface area contributed by atoms with Crippen molar-refractivity contribution in [2.45, 2.75) is 32.4 Å². The van der Waals surface area contributed by atoms with Gasteiger partial charge in [0.2, 0.25) is 5.95 Å². The Balaban J connectivity index is 1.70. The van der Waals surface area contributed by atoms with E-state index < -0.39 is 6.04 Å². The van der Waals surface area contributed by atoms with Crippen LogP contribution in [-0.4, -0.2) is 58.0 Å². The van der Waals surface area contributed by atoms with E-state index >= 15 is 0 Å². The van der Waals surface area contributed by atoms with E-state index in [1.807, 2.05) is 11.9 Å². The predicted molar refractivity (Wildman–Crippen MR) is 123 cm³/mol. The van der Waals surface area contributed by atoms with Gasteiger partial charge in [0.15, 0.2) is 16.9 Å². The summed E-state index contributed by atoms with van der Waals surface area (Å²) in [5, 5.41) is 5.43. The fourth-order valence-electron chi connectivity index (χ4n) is 3.20. The Labute approximate surface area is 189 Å². The number of fused-ring (bicyclic) bond motifs is 1. The fraction of sp³-hybridized carbons (Fsp3) is 0.318. The van der Waals surface area contributed by atoms with E-state index in [1.165, 1.54) is 6.92 Å². The first-order valence-electron chi connectivity index (χ1n) is 10.3. The molecule has 0 bridgehead atoms. The lowest BCUT2D eigenvalue weighted by atomic mass is 10.1. The quantitative estimate of drug-likeness (QED) is 0.384. The molecule has 3 N–H and O–H groups in total. The molecule has 0 saturated carbocycles. The molecule has 3 aromatic rings. The van der Waals surface area contributed by atoms with Crippen LogP contribution in [0.25, 0.3) is 11.2 Å². The fourth-order valence-corrected chi connectivity index (χ4v) is 3.20. The van der Waals surface area contributed by atoms with Crippen LogP contribution in [0.3, 0.4) is 0 Å². The number of benzene rings is 1. The van der Waals surface area contributed by atoms with E-state index in [2.05, 4.69) is 30.6 Å². The number of carbonyl (C=O) groups is 3. The van der Waals surface area contributed by atoms with Crippen molar-refractivity contribution in [3.05, 3.63) is 52.1 Å². The lowest BCUT2D eigenvalue weighted by Gasteiger charge is -2.19. The summed E-state index contributed by atoms with van der Waals surface area (Å²) in [6, 6.07) is 6.14. The van der Waals surface area contributed by atoms with E-state index in [0.717, 1.165) is 12.0 Å². The van der Waals surface area contributed by atoms with Crippen molar-refractivity contribution in [1.82, 2.24) is 25.3 Å². The summed E-state index contributed by atoms with van der Waals surface area (Å²) in [6.45, 7) is 1.76. The maximum Gasteiger partial charge on any atom is 0.280 e. The van der Waals surface area contributed by atoms with Gasteiger partial charge < -0.3 is 20.3 Å². The third-order valence-corrected chi connectivity index (χ3v) is 5.04. The van der Waals surface area contributed by atoms with Gasteiger partial charge >= 0.3 is 0 Å². The third kappa shape index (κ3) is 5.76. The minimum atomic E-state index is -0.696. The molecule has 0 saturated heterocycles. The number of H-pyrrole nitrogens is 1. The Morgan fingerprint density at radius 2 is 1.94 bits per heavy atom. The first-order valence-corrected chi connectivity index (χ1v) is 10.3. The summed E-state index contributed by atoms with van der Waals surface area (Å²) in [5.41, 5.74) is 1.82. The molecule has 0 fully saturated rings. The summed E-state index contributed by atoms with van der Waals surface area (Å²) in [4.78, 5) is 64.2. The highest BCUT2D eigenvalue weighted by molar-refractivity contribution is 5.97. The normalized spacial score (nSPS) is 11.6. The van der Waals surface area contributed by atoms with Crippen LogP contribution in [0.2, 0.25) is 0 Å². The van der Waals surface area contributed by atoms with Crippen LogP contribution in [-0.2, 0) is 16.1 Å². The lowest BCUT2D eigenvalue weighted by Crippen LogP contribution is -2.39. The van der Waals surface area contributed by atoms with Crippen molar-refractivity contribution < 1.29 is 14.4 Å². The minimum absolute atomic E-state index is 0.154. The summed E-state index contributed by atoms with van der Waals surface area (Å²) >= 11 is 0. The zero-order valence-corrected chi connectivity index (χ0v) is 18.6. The number of nitrogens with zero attached hydrogens (tertiary/aromatic N) is 4. The molecule has 2 aromatic heterocycles. The second-order valence-electron chi connectivity index (χ2n) is 7.48. The van der Waals surface area contributed by atoms with Crippen LogP contribution in [0.15, 0.2) is 35.3 Å². The van der Waals surface area contributed by atoms with Crippen LogP contribution in [0.4, 0.5) is 11.6 Å². The smallest absolute Gasteiger partial charge is 0.280 e. The van der Waals surface area contributed by atoms with Crippen molar-refractivity contribution in [2.24, 2.45) is 0 Å². The van der Waals surface area contributed by atoms with E-state index in [-0.39, 0.29) is 41.3 Å². The molecule has 1 unspecified atom stereocenters.